The van der Waals surface area contributed by atoms with E-state index in [1.54, 1.807) is 0 Å². The molecular formula is C15H29N2+. The van der Waals surface area contributed by atoms with Crippen LogP contribution in [0.1, 0.15) is 66.2 Å². The van der Waals surface area contributed by atoms with Crippen molar-refractivity contribution >= 4 is 0 Å². The summed E-state index contributed by atoms with van der Waals surface area (Å²) >= 11 is 0. The van der Waals surface area contributed by atoms with E-state index < -0.39 is 0 Å². The molecule has 1 heterocycles. The molecule has 0 atom stereocenters. The second-order valence-electron chi connectivity index (χ2n) is 6.00. The van der Waals surface area contributed by atoms with Crippen LogP contribution in [-0.4, -0.2) is 4.57 Å². The first-order valence-electron chi connectivity index (χ1n) is 7.11. The third kappa shape index (κ3) is 5.38. The maximum atomic E-state index is 2.31. The molecule has 2 nitrogen and oxygen atoms in total. The molecule has 0 unspecified atom stereocenters. The first kappa shape index (κ1) is 14.3. The lowest BCUT2D eigenvalue weighted by Crippen LogP contribution is -2.32. The minimum absolute atomic E-state index is 0.201. The first-order chi connectivity index (χ1) is 8.04. The first-order valence-corrected chi connectivity index (χ1v) is 7.11. The van der Waals surface area contributed by atoms with E-state index in [9.17, 15) is 0 Å². The Morgan fingerprint density at radius 2 is 1.65 bits per heavy atom. The quantitative estimate of drug-likeness (QED) is 0.502. The lowest BCUT2D eigenvalue weighted by Gasteiger charge is -2.13. The average molecular weight is 237 g/mol. The zero-order valence-electron chi connectivity index (χ0n) is 12.1. The second kappa shape index (κ2) is 6.83. The van der Waals surface area contributed by atoms with Gasteiger partial charge in [0, 0.05) is 0 Å². The minimum atomic E-state index is 0.201. The summed E-state index contributed by atoms with van der Waals surface area (Å²) in [6.45, 7) is 10.1. The van der Waals surface area contributed by atoms with E-state index in [0.29, 0.717) is 0 Å². The van der Waals surface area contributed by atoms with Crippen molar-refractivity contribution in [3.63, 3.8) is 0 Å². The minimum Gasteiger partial charge on any atom is -0.237 e. The van der Waals surface area contributed by atoms with Crippen molar-refractivity contribution in [3.8, 4) is 0 Å². The normalized spacial score (nSPS) is 12.0. The van der Waals surface area contributed by atoms with Crippen LogP contribution in [0.4, 0.5) is 0 Å². The van der Waals surface area contributed by atoms with Crippen LogP contribution in [0.2, 0.25) is 0 Å². The molecular weight excluding hydrogens is 208 g/mol. The molecule has 0 amide bonds. The third-order valence-corrected chi connectivity index (χ3v) is 3.24. The fourth-order valence-electron chi connectivity index (χ4n) is 2.00. The van der Waals surface area contributed by atoms with Crippen LogP contribution in [0, 0.1) is 0 Å². The number of aromatic nitrogens is 2. The molecule has 0 aromatic carbocycles. The fourth-order valence-corrected chi connectivity index (χ4v) is 2.00. The van der Waals surface area contributed by atoms with Crippen LogP contribution < -0.4 is 4.57 Å². The smallest absolute Gasteiger partial charge is 0.237 e. The van der Waals surface area contributed by atoms with Gasteiger partial charge in [0.2, 0.25) is 6.33 Å². The van der Waals surface area contributed by atoms with Gasteiger partial charge in [-0.2, -0.15) is 0 Å². The lowest BCUT2D eigenvalue weighted by molar-refractivity contribution is -0.697. The topological polar surface area (TPSA) is 8.81 Å². The van der Waals surface area contributed by atoms with Gasteiger partial charge >= 0.3 is 0 Å². The number of imidazole rings is 1. The van der Waals surface area contributed by atoms with Crippen molar-refractivity contribution in [1.82, 2.24) is 4.57 Å². The number of unbranched alkanes of at least 4 members (excludes halogenated alkanes) is 5. The summed E-state index contributed by atoms with van der Waals surface area (Å²) in [4.78, 5) is 0. The molecule has 2 heteroatoms. The van der Waals surface area contributed by atoms with Gasteiger partial charge < -0.3 is 0 Å². The Balaban J connectivity index is 2.21. The highest BCUT2D eigenvalue weighted by molar-refractivity contribution is 4.78. The molecule has 0 bridgehead atoms. The van der Waals surface area contributed by atoms with Crippen molar-refractivity contribution in [1.29, 1.82) is 0 Å². The highest BCUT2D eigenvalue weighted by atomic mass is 15.1. The molecule has 1 aromatic rings. The van der Waals surface area contributed by atoms with Crippen molar-refractivity contribution in [3.05, 3.63) is 18.7 Å². The molecule has 0 fully saturated rings. The summed E-state index contributed by atoms with van der Waals surface area (Å²) < 4.78 is 4.59. The highest BCUT2D eigenvalue weighted by Crippen LogP contribution is 2.11. The highest BCUT2D eigenvalue weighted by Gasteiger charge is 2.18. The van der Waals surface area contributed by atoms with Gasteiger partial charge in [-0.05, 0) is 33.6 Å². The van der Waals surface area contributed by atoms with Gasteiger partial charge in [-0.15, -0.1) is 0 Å². The Labute approximate surface area is 107 Å². The van der Waals surface area contributed by atoms with Gasteiger partial charge in [-0.1, -0.05) is 32.6 Å². The molecule has 98 valence electrons. The molecule has 1 rings (SSSR count). The van der Waals surface area contributed by atoms with Gasteiger partial charge in [-0.25, -0.2) is 9.13 Å². The zero-order chi connectivity index (χ0) is 12.7. The van der Waals surface area contributed by atoms with E-state index in [4.69, 9.17) is 0 Å². The van der Waals surface area contributed by atoms with Crippen molar-refractivity contribution in [2.75, 3.05) is 0 Å². The van der Waals surface area contributed by atoms with Crippen LogP contribution >= 0.6 is 0 Å². The predicted octanol–water partition coefficient (Wildman–Crippen LogP) is 3.89. The molecule has 0 saturated heterocycles. The number of aryl methyl sites for hydroxylation is 1. The van der Waals surface area contributed by atoms with Crippen LogP contribution in [0.3, 0.4) is 0 Å². The number of hydrogen-bond acceptors (Lipinski definition) is 0. The molecule has 0 radical (unpaired) electrons. The summed E-state index contributed by atoms with van der Waals surface area (Å²) in [6.07, 6.45) is 14.8. The monoisotopic (exact) mass is 237 g/mol. The van der Waals surface area contributed by atoms with E-state index in [1.165, 1.54) is 38.5 Å². The van der Waals surface area contributed by atoms with E-state index in [-0.39, 0.29) is 5.54 Å². The van der Waals surface area contributed by atoms with Crippen molar-refractivity contribution < 1.29 is 4.57 Å². The average Bonchev–Trinajstić information content (AvgIpc) is 2.71. The van der Waals surface area contributed by atoms with Gasteiger partial charge in [0.15, 0.2) is 0 Å². The molecule has 0 aliphatic heterocycles. The Morgan fingerprint density at radius 1 is 1.00 bits per heavy atom. The van der Waals surface area contributed by atoms with E-state index in [0.717, 1.165) is 6.54 Å². The third-order valence-electron chi connectivity index (χ3n) is 3.24. The predicted molar refractivity (Wildman–Crippen MR) is 73.0 cm³/mol. The Bertz CT molecular complexity index is 307. The summed E-state index contributed by atoms with van der Waals surface area (Å²) in [5, 5.41) is 0. The van der Waals surface area contributed by atoms with E-state index in [1.807, 2.05) is 0 Å². The summed E-state index contributed by atoms with van der Waals surface area (Å²) in [6, 6.07) is 0. The van der Waals surface area contributed by atoms with Crippen molar-refractivity contribution in [2.45, 2.75) is 78.3 Å². The number of nitrogens with zero attached hydrogens (tertiary/aromatic N) is 2. The number of rotatable bonds is 7. The Kier molecular flexibility index (Phi) is 5.73. The van der Waals surface area contributed by atoms with Crippen LogP contribution in [0.15, 0.2) is 18.7 Å². The molecule has 0 aliphatic rings. The van der Waals surface area contributed by atoms with Crippen LogP contribution in [-0.2, 0) is 12.1 Å². The SMILES string of the molecule is CCCCCCCC[n+]1ccn(C(C)(C)C)c1. The van der Waals surface area contributed by atoms with E-state index in [2.05, 4.69) is 55.6 Å². The van der Waals surface area contributed by atoms with Gasteiger partial charge in [0.1, 0.15) is 17.9 Å². The summed E-state index contributed by atoms with van der Waals surface area (Å²) in [7, 11) is 0. The molecule has 1 aromatic heterocycles. The molecule has 0 aliphatic carbocycles. The van der Waals surface area contributed by atoms with Gasteiger partial charge in [0.25, 0.3) is 0 Å². The number of hydrogen-bond donors (Lipinski definition) is 0. The van der Waals surface area contributed by atoms with Crippen LogP contribution in [0.5, 0.6) is 0 Å². The van der Waals surface area contributed by atoms with Gasteiger partial charge in [-0.3, -0.25) is 0 Å². The second-order valence-corrected chi connectivity index (χ2v) is 6.00. The van der Waals surface area contributed by atoms with Crippen molar-refractivity contribution in [2.24, 2.45) is 0 Å². The lowest BCUT2D eigenvalue weighted by atomic mass is 10.1. The van der Waals surface area contributed by atoms with E-state index >= 15 is 0 Å². The fraction of sp³-hybridized carbons (Fsp3) is 0.800. The maximum absolute atomic E-state index is 2.31. The Hall–Kier alpha value is -0.790. The molecule has 17 heavy (non-hydrogen) atoms. The van der Waals surface area contributed by atoms with Gasteiger partial charge in [0.05, 0.1) is 6.54 Å². The standard InChI is InChI=1S/C15H29N2/c1-5-6-7-8-9-10-11-16-12-13-17(14-16)15(2,3)4/h12-14H,5-11H2,1-4H3/q+1. The summed E-state index contributed by atoms with van der Waals surface area (Å²) in [5.41, 5.74) is 0.201. The maximum Gasteiger partial charge on any atom is 0.244 e. The molecule has 0 N–H and O–H groups in total. The van der Waals surface area contributed by atoms with Crippen LogP contribution in [0.25, 0.3) is 0 Å². The Morgan fingerprint density at radius 3 is 2.24 bits per heavy atom. The largest absolute Gasteiger partial charge is 0.244 e. The molecule has 0 saturated carbocycles. The molecule has 0 spiro atoms. The zero-order valence-corrected chi connectivity index (χ0v) is 12.1. The summed E-state index contributed by atoms with van der Waals surface area (Å²) in [5.74, 6) is 0.